The smallest absolute Gasteiger partial charge is 0.341 e. The van der Waals surface area contributed by atoms with Crippen molar-refractivity contribution in [3.8, 4) is 22.6 Å². The number of hydrogen-bond acceptors (Lipinski definition) is 7. The Hall–Kier alpha value is -4.14. The Morgan fingerprint density at radius 3 is 2.53 bits per heavy atom. The Morgan fingerprint density at radius 1 is 1.16 bits per heavy atom. The molecule has 0 aliphatic heterocycles. The van der Waals surface area contributed by atoms with E-state index in [9.17, 15) is 14.7 Å². The van der Waals surface area contributed by atoms with E-state index in [1.165, 1.54) is 24.9 Å². The van der Waals surface area contributed by atoms with Gasteiger partial charge in [0.25, 0.3) is 5.56 Å². The summed E-state index contributed by atoms with van der Waals surface area (Å²) in [6, 6.07) is 8.30. The highest BCUT2D eigenvalue weighted by Crippen LogP contribution is 2.37. The quantitative estimate of drug-likeness (QED) is 0.490. The zero-order chi connectivity index (χ0) is 23.0. The monoisotopic (exact) mass is 435 g/mol. The summed E-state index contributed by atoms with van der Waals surface area (Å²) in [6.45, 7) is 3.62. The van der Waals surface area contributed by atoms with Crippen LogP contribution in [0.2, 0.25) is 0 Å². The molecule has 9 nitrogen and oxygen atoms in total. The van der Waals surface area contributed by atoms with E-state index < -0.39 is 11.5 Å². The number of hydrogen-bond donors (Lipinski definition) is 1. The number of aryl methyl sites for hydroxylation is 2. The SMILES string of the molecule is COc1cc2c(cc1-c1c(C)noc1C)cc(C(=O)O)c(=O)n2Cc1ncccc1OC. The molecule has 0 fully saturated rings. The number of aromatic carboxylic acids is 1. The Balaban J connectivity index is 2.04. The summed E-state index contributed by atoms with van der Waals surface area (Å²) < 4.78 is 17.6. The molecular weight excluding hydrogens is 414 g/mol. The number of carboxylic acids is 1. The van der Waals surface area contributed by atoms with Gasteiger partial charge in [-0.15, -0.1) is 0 Å². The van der Waals surface area contributed by atoms with E-state index in [1.807, 2.05) is 6.92 Å². The van der Waals surface area contributed by atoms with Crippen LogP contribution in [0.15, 0.2) is 45.8 Å². The van der Waals surface area contributed by atoms with Crippen molar-refractivity contribution in [3.63, 3.8) is 0 Å². The minimum absolute atomic E-state index is 0.0221. The second-order valence-corrected chi connectivity index (χ2v) is 7.22. The van der Waals surface area contributed by atoms with E-state index in [-0.39, 0.29) is 12.1 Å². The molecule has 32 heavy (non-hydrogen) atoms. The van der Waals surface area contributed by atoms with Crippen LogP contribution in [0.3, 0.4) is 0 Å². The van der Waals surface area contributed by atoms with Crippen LogP contribution in [0, 0.1) is 13.8 Å². The Labute approximate surface area is 182 Å². The summed E-state index contributed by atoms with van der Waals surface area (Å²) in [6.07, 6.45) is 1.59. The second kappa shape index (κ2) is 8.18. The average molecular weight is 435 g/mol. The summed E-state index contributed by atoms with van der Waals surface area (Å²) >= 11 is 0. The minimum Gasteiger partial charge on any atom is -0.496 e. The maximum atomic E-state index is 13.1. The third kappa shape index (κ3) is 3.47. The van der Waals surface area contributed by atoms with E-state index in [0.29, 0.717) is 45.1 Å². The number of aromatic nitrogens is 3. The van der Waals surface area contributed by atoms with Gasteiger partial charge in [0.2, 0.25) is 0 Å². The minimum atomic E-state index is -1.31. The van der Waals surface area contributed by atoms with Gasteiger partial charge in [-0.3, -0.25) is 9.78 Å². The van der Waals surface area contributed by atoms with E-state index in [1.54, 1.807) is 37.4 Å². The van der Waals surface area contributed by atoms with Gasteiger partial charge < -0.3 is 23.7 Å². The fourth-order valence-corrected chi connectivity index (χ4v) is 3.83. The molecule has 0 saturated carbocycles. The van der Waals surface area contributed by atoms with Crippen molar-refractivity contribution in [3.05, 3.63) is 69.6 Å². The molecule has 0 atom stereocenters. The maximum Gasteiger partial charge on any atom is 0.341 e. The maximum absolute atomic E-state index is 13.1. The predicted molar refractivity (Wildman–Crippen MR) is 117 cm³/mol. The third-order valence-corrected chi connectivity index (χ3v) is 5.32. The van der Waals surface area contributed by atoms with E-state index in [4.69, 9.17) is 14.0 Å². The van der Waals surface area contributed by atoms with Crippen molar-refractivity contribution in [2.24, 2.45) is 0 Å². The van der Waals surface area contributed by atoms with Gasteiger partial charge >= 0.3 is 5.97 Å². The Morgan fingerprint density at radius 2 is 1.91 bits per heavy atom. The molecule has 1 N–H and O–H groups in total. The van der Waals surface area contributed by atoms with Gasteiger partial charge in [-0.2, -0.15) is 0 Å². The van der Waals surface area contributed by atoms with Crippen molar-refractivity contribution in [2.75, 3.05) is 14.2 Å². The highest BCUT2D eigenvalue weighted by molar-refractivity contribution is 5.95. The summed E-state index contributed by atoms with van der Waals surface area (Å²) in [5.74, 6) is 0.280. The molecule has 4 aromatic rings. The molecule has 3 aromatic heterocycles. The van der Waals surface area contributed by atoms with Crippen molar-refractivity contribution in [1.82, 2.24) is 14.7 Å². The summed E-state index contributed by atoms with van der Waals surface area (Å²) in [5.41, 5.74) is 2.12. The predicted octanol–water partition coefficient (Wildman–Crippen LogP) is 3.43. The van der Waals surface area contributed by atoms with Crippen LogP contribution < -0.4 is 15.0 Å². The lowest BCUT2D eigenvalue weighted by molar-refractivity contribution is 0.0694. The fraction of sp³-hybridized carbons (Fsp3) is 0.217. The molecule has 0 spiro atoms. The lowest BCUT2D eigenvalue weighted by Crippen LogP contribution is -2.27. The highest BCUT2D eigenvalue weighted by Gasteiger charge is 2.21. The first-order chi connectivity index (χ1) is 15.3. The molecule has 4 rings (SSSR count). The number of fused-ring (bicyclic) bond motifs is 1. The first kappa shape index (κ1) is 21.1. The fourth-order valence-electron chi connectivity index (χ4n) is 3.83. The third-order valence-electron chi connectivity index (χ3n) is 5.32. The molecule has 164 valence electrons. The standard InChI is InChI=1S/C23H21N3O6/c1-12-21(13(2)32-25-12)15-8-14-9-16(23(28)29)22(27)26(18(14)10-20(15)31-4)11-17-19(30-3)6-5-7-24-17/h5-10H,11H2,1-4H3,(H,28,29). The van der Waals surface area contributed by atoms with Crippen LogP contribution in [0.25, 0.3) is 22.0 Å². The average Bonchev–Trinajstić information content (AvgIpc) is 3.12. The van der Waals surface area contributed by atoms with Crippen LogP contribution in [-0.4, -0.2) is 40.0 Å². The largest absolute Gasteiger partial charge is 0.496 e. The molecule has 0 saturated heterocycles. The summed E-state index contributed by atoms with van der Waals surface area (Å²) in [4.78, 5) is 29.2. The topological polar surface area (TPSA) is 117 Å². The van der Waals surface area contributed by atoms with Crippen molar-refractivity contribution in [2.45, 2.75) is 20.4 Å². The zero-order valence-electron chi connectivity index (χ0n) is 18.0. The molecule has 0 amide bonds. The van der Waals surface area contributed by atoms with E-state index in [2.05, 4.69) is 10.1 Å². The van der Waals surface area contributed by atoms with E-state index >= 15 is 0 Å². The number of carbonyl (C=O) groups is 1. The molecule has 0 aliphatic rings. The molecular formula is C23H21N3O6. The number of rotatable bonds is 6. The number of pyridine rings is 2. The first-order valence-electron chi connectivity index (χ1n) is 9.75. The Bertz CT molecular complexity index is 1380. The van der Waals surface area contributed by atoms with Gasteiger partial charge in [-0.1, -0.05) is 5.16 Å². The summed E-state index contributed by atoms with van der Waals surface area (Å²) in [5, 5.41) is 14.2. The van der Waals surface area contributed by atoms with Crippen LogP contribution in [0.4, 0.5) is 0 Å². The number of nitrogens with zero attached hydrogens (tertiary/aromatic N) is 3. The van der Waals surface area contributed by atoms with Crippen LogP contribution in [-0.2, 0) is 6.54 Å². The van der Waals surface area contributed by atoms with Crippen LogP contribution >= 0.6 is 0 Å². The zero-order valence-corrected chi connectivity index (χ0v) is 18.0. The van der Waals surface area contributed by atoms with Crippen molar-refractivity contribution >= 4 is 16.9 Å². The van der Waals surface area contributed by atoms with Gasteiger partial charge in [0.05, 0.1) is 37.5 Å². The molecule has 9 heteroatoms. The number of carboxylic acid groups (broad SMARTS) is 1. The van der Waals surface area contributed by atoms with Gasteiger partial charge in [0.15, 0.2) is 0 Å². The highest BCUT2D eigenvalue weighted by atomic mass is 16.5. The van der Waals surface area contributed by atoms with Crippen molar-refractivity contribution in [1.29, 1.82) is 0 Å². The van der Waals surface area contributed by atoms with Gasteiger partial charge in [0.1, 0.15) is 28.5 Å². The molecule has 0 aliphatic carbocycles. The molecule has 0 unspecified atom stereocenters. The Kier molecular flexibility index (Phi) is 5.40. The van der Waals surface area contributed by atoms with Crippen LogP contribution in [0.1, 0.15) is 27.5 Å². The molecule has 0 radical (unpaired) electrons. The molecule has 3 heterocycles. The molecule has 0 bridgehead atoms. The lowest BCUT2D eigenvalue weighted by Gasteiger charge is -2.16. The normalized spacial score (nSPS) is 11.0. The number of methoxy groups -OCH3 is 2. The first-order valence-corrected chi connectivity index (χ1v) is 9.75. The van der Waals surface area contributed by atoms with Gasteiger partial charge in [-0.05, 0) is 38.1 Å². The summed E-state index contributed by atoms with van der Waals surface area (Å²) in [7, 11) is 3.03. The van der Waals surface area contributed by atoms with Crippen molar-refractivity contribution < 1.29 is 23.9 Å². The number of benzene rings is 1. The van der Waals surface area contributed by atoms with Gasteiger partial charge in [-0.25, -0.2) is 4.79 Å². The van der Waals surface area contributed by atoms with Gasteiger partial charge in [0, 0.05) is 23.2 Å². The van der Waals surface area contributed by atoms with E-state index in [0.717, 1.165) is 5.56 Å². The van der Waals surface area contributed by atoms with Crippen LogP contribution in [0.5, 0.6) is 11.5 Å². The molecule has 1 aromatic carbocycles. The second-order valence-electron chi connectivity index (χ2n) is 7.22. The number of ether oxygens (including phenoxy) is 2. The lowest BCUT2D eigenvalue weighted by atomic mass is 9.99.